The molecular formula is C12H11FN2O2S. The molecule has 0 spiro atoms. The highest BCUT2D eigenvalue weighted by Gasteiger charge is 2.19. The SMILES string of the molecule is Cc1cccc(-c2nc(C(N)C(=O)O)cs2)c1F. The molecule has 1 heterocycles. The van der Waals surface area contributed by atoms with E-state index in [0.717, 1.165) is 0 Å². The van der Waals surface area contributed by atoms with E-state index < -0.39 is 12.0 Å². The summed E-state index contributed by atoms with van der Waals surface area (Å²) >= 11 is 1.18. The van der Waals surface area contributed by atoms with Crippen LogP contribution in [0.5, 0.6) is 0 Å². The molecule has 2 aromatic rings. The molecule has 94 valence electrons. The number of halogens is 1. The van der Waals surface area contributed by atoms with Gasteiger partial charge in [-0.2, -0.15) is 0 Å². The topological polar surface area (TPSA) is 76.2 Å². The number of rotatable bonds is 3. The lowest BCUT2D eigenvalue weighted by Gasteiger charge is -2.03. The molecule has 0 radical (unpaired) electrons. The molecule has 18 heavy (non-hydrogen) atoms. The van der Waals surface area contributed by atoms with Crippen LogP contribution in [0.3, 0.4) is 0 Å². The Hall–Kier alpha value is -1.79. The van der Waals surface area contributed by atoms with Gasteiger partial charge in [0.05, 0.1) is 5.69 Å². The van der Waals surface area contributed by atoms with Gasteiger partial charge in [-0.25, -0.2) is 9.37 Å². The number of nitrogens with zero attached hydrogens (tertiary/aromatic N) is 1. The van der Waals surface area contributed by atoms with Gasteiger partial charge in [0.25, 0.3) is 0 Å². The zero-order valence-corrected chi connectivity index (χ0v) is 10.4. The number of hydrogen-bond donors (Lipinski definition) is 2. The van der Waals surface area contributed by atoms with Gasteiger partial charge in [-0.05, 0) is 18.6 Å². The van der Waals surface area contributed by atoms with Crippen LogP contribution in [0.15, 0.2) is 23.6 Å². The van der Waals surface area contributed by atoms with Crippen LogP contribution >= 0.6 is 11.3 Å². The fraction of sp³-hybridized carbons (Fsp3) is 0.167. The first-order valence-electron chi connectivity index (χ1n) is 5.20. The first kappa shape index (κ1) is 12.7. The van der Waals surface area contributed by atoms with E-state index in [0.29, 0.717) is 16.1 Å². The lowest BCUT2D eigenvalue weighted by atomic mass is 10.1. The molecule has 1 atom stereocenters. The lowest BCUT2D eigenvalue weighted by molar-refractivity contribution is -0.138. The van der Waals surface area contributed by atoms with Gasteiger partial charge in [0.1, 0.15) is 16.9 Å². The minimum absolute atomic E-state index is 0.239. The molecule has 0 amide bonds. The molecule has 0 fully saturated rings. The summed E-state index contributed by atoms with van der Waals surface area (Å²) in [6, 6.07) is 3.82. The number of hydrogen-bond acceptors (Lipinski definition) is 4. The minimum atomic E-state index is -1.18. The summed E-state index contributed by atoms with van der Waals surface area (Å²) in [7, 11) is 0. The molecule has 0 bridgehead atoms. The van der Waals surface area contributed by atoms with Gasteiger partial charge in [-0.15, -0.1) is 11.3 Å². The van der Waals surface area contributed by atoms with Crippen molar-refractivity contribution in [1.29, 1.82) is 0 Å². The predicted octanol–water partition coefficient (Wildman–Crippen LogP) is 2.34. The van der Waals surface area contributed by atoms with Crippen LogP contribution < -0.4 is 5.73 Å². The van der Waals surface area contributed by atoms with Gasteiger partial charge in [-0.3, -0.25) is 4.79 Å². The van der Waals surface area contributed by atoms with Crippen molar-refractivity contribution in [3.63, 3.8) is 0 Å². The Bertz CT molecular complexity index is 598. The minimum Gasteiger partial charge on any atom is -0.480 e. The highest BCUT2D eigenvalue weighted by Crippen LogP contribution is 2.29. The summed E-state index contributed by atoms with van der Waals surface area (Å²) in [4.78, 5) is 14.8. The Morgan fingerprint density at radius 3 is 2.94 bits per heavy atom. The van der Waals surface area contributed by atoms with E-state index >= 15 is 0 Å². The zero-order valence-electron chi connectivity index (χ0n) is 9.55. The van der Waals surface area contributed by atoms with E-state index in [2.05, 4.69) is 4.98 Å². The highest BCUT2D eigenvalue weighted by atomic mass is 32.1. The van der Waals surface area contributed by atoms with Crippen molar-refractivity contribution >= 4 is 17.3 Å². The number of aromatic nitrogens is 1. The molecule has 0 saturated carbocycles. The molecule has 0 aliphatic heterocycles. The third kappa shape index (κ3) is 2.25. The smallest absolute Gasteiger partial charge is 0.326 e. The first-order chi connectivity index (χ1) is 8.50. The van der Waals surface area contributed by atoms with E-state index in [4.69, 9.17) is 10.8 Å². The molecule has 0 saturated heterocycles. The number of carbonyl (C=O) groups is 1. The Morgan fingerprint density at radius 2 is 2.28 bits per heavy atom. The summed E-state index contributed by atoms with van der Waals surface area (Å²) < 4.78 is 13.9. The molecule has 0 aliphatic carbocycles. The number of carboxylic acids is 1. The summed E-state index contributed by atoms with van der Waals surface area (Å²) in [6.07, 6.45) is 0. The molecule has 3 N–H and O–H groups in total. The van der Waals surface area contributed by atoms with Gasteiger partial charge < -0.3 is 10.8 Å². The van der Waals surface area contributed by atoms with Crippen LogP contribution in [0.2, 0.25) is 0 Å². The maximum atomic E-state index is 13.9. The number of aryl methyl sites for hydroxylation is 1. The summed E-state index contributed by atoms with van der Waals surface area (Å²) in [5.74, 6) is -1.50. The standard InChI is InChI=1S/C12H11FN2O2S/c1-6-3-2-4-7(9(6)13)11-15-8(5-18-11)10(14)12(16)17/h2-5,10H,14H2,1H3,(H,16,17). The summed E-state index contributed by atoms with van der Waals surface area (Å²) in [5, 5.41) is 10.8. The van der Waals surface area contributed by atoms with Crippen molar-refractivity contribution in [3.05, 3.63) is 40.7 Å². The quantitative estimate of drug-likeness (QED) is 0.894. The van der Waals surface area contributed by atoms with Crippen LogP contribution in [0.25, 0.3) is 10.6 Å². The molecule has 4 nitrogen and oxygen atoms in total. The van der Waals surface area contributed by atoms with Crippen molar-refractivity contribution in [2.75, 3.05) is 0 Å². The Labute approximate surface area is 107 Å². The highest BCUT2D eigenvalue weighted by molar-refractivity contribution is 7.13. The fourth-order valence-electron chi connectivity index (χ4n) is 1.49. The molecule has 1 aromatic carbocycles. The van der Waals surface area contributed by atoms with E-state index in [9.17, 15) is 9.18 Å². The number of aliphatic carboxylic acids is 1. The van der Waals surface area contributed by atoms with Crippen LogP contribution in [0, 0.1) is 12.7 Å². The molecule has 6 heteroatoms. The third-order valence-corrected chi connectivity index (χ3v) is 3.42. The van der Waals surface area contributed by atoms with Crippen molar-refractivity contribution in [2.24, 2.45) is 5.73 Å². The number of carboxylic acid groups (broad SMARTS) is 1. The second-order valence-electron chi connectivity index (χ2n) is 3.83. The van der Waals surface area contributed by atoms with Crippen LogP contribution in [0.4, 0.5) is 4.39 Å². The van der Waals surface area contributed by atoms with Crippen LogP contribution in [0.1, 0.15) is 17.3 Å². The van der Waals surface area contributed by atoms with Crippen molar-refractivity contribution in [1.82, 2.24) is 4.98 Å². The molecule has 1 aromatic heterocycles. The average molecular weight is 266 g/mol. The number of nitrogens with two attached hydrogens (primary N) is 1. The van der Waals surface area contributed by atoms with Gasteiger partial charge >= 0.3 is 5.97 Å². The Morgan fingerprint density at radius 1 is 1.56 bits per heavy atom. The second-order valence-corrected chi connectivity index (χ2v) is 4.69. The Kier molecular flexibility index (Phi) is 3.40. The predicted molar refractivity (Wildman–Crippen MR) is 66.8 cm³/mol. The van der Waals surface area contributed by atoms with Crippen LogP contribution in [-0.4, -0.2) is 16.1 Å². The van der Waals surface area contributed by atoms with E-state index in [1.54, 1.807) is 25.1 Å². The maximum absolute atomic E-state index is 13.9. The van der Waals surface area contributed by atoms with E-state index in [1.165, 1.54) is 16.7 Å². The first-order valence-corrected chi connectivity index (χ1v) is 6.08. The summed E-state index contributed by atoms with van der Waals surface area (Å²) in [6.45, 7) is 1.66. The van der Waals surface area contributed by atoms with Gasteiger partial charge in [0.2, 0.25) is 0 Å². The van der Waals surface area contributed by atoms with E-state index in [1.807, 2.05) is 0 Å². The molecule has 1 unspecified atom stereocenters. The molecule has 0 aliphatic rings. The van der Waals surface area contributed by atoms with Crippen molar-refractivity contribution in [3.8, 4) is 10.6 Å². The monoisotopic (exact) mass is 266 g/mol. The maximum Gasteiger partial charge on any atom is 0.326 e. The number of thiazole rings is 1. The zero-order chi connectivity index (χ0) is 13.3. The van der Waals surface area contributed by atoms with E-state index in [-0.39, 0.29) is 11.5 Å². The molecular weight excluding hydrogens is 255 g/mol. The van der Waals surface area contributed by atoms with Gasteiger partial charge in [0.15, 0.2) is 0 Å². The fourth-order valence-corrected chi connectivity index (χ4v) is 2.37. The van der Waals surface area contributed by atoms with Crippen molar-refractivity contribution in [2.45, 2.75) is 13.0 Å². The second kappa shape index (κ2) is 4.83. The Balaban J connectivity index is 2.41. The van der Waals surface area contributed by atoms with Crippen LogP contribution in [-0.2, 0) is 4.79 Å². The van der Waals surface area contributed by atoms with Gasteiger partial charge in [-0.1, -0.05) is 12.1 Å². The number of benzene rings is 1. The summed E-state index contributed by atoms with van der Waals surface area (Å²) in [5.41, 5.74) is 6.57. The largest absolute Gasteiger partial charge is 0.480 e. The third-order valence-electron chi connectivity index (χ3n) is 2.53. The molecule has 2 rings (SSSR count). The normalized spacial score (nSPS) is 12.4. The van der Waals surface area contributed by atoms with Crippen molar-refractivity contribution < 1.29 is 14.3 Å². The lowest BCUT2D eigenvalue weighted by Crippen LogP contribution is -2.20. The van der Waals surface area contributed by atoms with Gasteiger partial charge in [0, 0.05) is 10.9 Å². The average Bonchev–Trinajstić information content (AvgIpc) is 2.80.